The molecule has 0 aliphatic carbocycles. The van der Waals surface area contributed by atoms with Gasteiger partial charge < -0.3 is 4.98 Å². The standard InChI is InChI=1S/C7H7N3S/c1-5-9-4-6-2-3-8-7(11)10(5)6/h2-4H,1H3,(H,8,11). The van der Waals surface area contributed by atoms with Crippen molar-refractivity contribution in [3.05, 3.63) is 29.1 Å². The van der Waals surface area contributed by atoms with Gasteiger partial charge in [0.2, 0.25) is 0 Å². The molecule has 0 fully saturated rings. The Balaban J connectivity index is 3.08. The van der Waals surface area contributed by atoms with E-state index in [1.54, 1.807) is 6.20 Å². The fraction of sp³-hybridized carbons (Fsp3) is 0.143. The molecule has 3 nitrogen and oxygen atoms in total. The highest BCUT2D eigenvalue weighted by Gasteiger charge is 1.96. The summed E-state index contributed by atoms with van der Waals surface area (Å²) >= 11 is 5.06. The summed E-state index contributed by atoms with van der Waals surface area (Å²) in [5, 5.41) is 0. The minimum Gasteiger partial charge on any atom is -0.338 e. The Hall–Kier alpha value is -1.16. The Morgan fingerprint density at radius 3 is 3.18 bits per heavy atom. The minimum absolute atomic E-state index is 0.692. The molecule has 0 aliphatic heterocycles. The average molecular weight is 165 g/mol. The van der Waals surface area contributed by atoms with Crippen molar-refractivity contribution in [2.45, 2.75) is 6.92 Å². The number of hydrogen-bond donors (Lipinski definition) is 1. The van der Waals surface area contributed by atoms with Gasteiger partial charge >= 0.3 is 0 Å². The summed E-state index contributed by atoms with van der Waals surface area (Å²) < 4.78 is 2.59. The number of imidazole rings is 1. The van der Waals surface area contributed by atoms with Crippen LogP contribution in [0, 0.1) is 11.7 Å². The zero-order valence-corrected chi connectivity index (χ0v) is 6.85. The van der Waals surface area contributed by atoms with Gasteiger partial charge in [0.25, 0.3) is 0 Å². The Bertz CT molecular complexity index is 440. The molecule has 56 valence electrons. The fourth-order valence-corrected chi connectivity index (χ4v) is 1.41. The van der Waals surface area contributed by atoms with Gasteiger partial charge in [-0.3, -0.25) is 4.40 Å². The van der Waals surface area contributed by atoms with Crippen LogP contribution >= 0.6 is 12.2 Å². The normalized spacial score (nSPS) is 10.6. The third kappa shape index (κ3) is 0.867. The predicted molar refractivity (Wildman–Crippen MR) is 45.1 cm³/mol. The van der Waals surface area contributed by atoms with E-state index in [0.29, 0.717) is 4.77 Å². The van der Waals surface area contributed by atoms with Crippen LogP contribution in [-0.2, 0) is 0 Å². The second-order valence-corrected chi connectivity index (χ2v) is 2.74. The molecule has 0 saturated heterocycles. The summed E-state index contributed by atoms with van der Waals surface area (Å²) in [5.41, 5.74) is 1.03. The van der Waals surface area contributed by atoms with Gasteiger partial charge in [-0.15, -0.1) is 0 Å². The van der Waals surface area contributed by atoms with Crippen molar-refractivity contribution >= 4 is 17.7 Å². The van der Waals surface area contributed by atoms with Crippen molar-refractivity contribution < 1.29 is 0 Å². The maximum atomic E-state index is 5.06. The number of nitrogens with one attached hydrogen (secondary N) is 1. The van der Waals surface area contributed by atoms with Crippen molar-refractivity contribution in [1.29, 1.82) is 0 Å². The SMILES string of the molecule is Cc1ncc2cc[nH]c(=S)n12. The van der Waals surface area contributed by atoms with Crippen molar-refractivity contribution in [1.82, 2.24) is 14.4 Å². The maximum Gasteiger partial charge on any atom is 0.183 e. The first-order valence-corrected chi connectivity index (χ1v) is 3.71. The van der Waals surface area contributed by atoms with Gasteiger partial charge in [0.15, 0.2) is 4.77 Å². The fourth-order valence-electron chi connectivity index (χ4n) is 1.11. The Morgan fingerprint density at radius 2 is 2.45 bits per heavy atom. The summed E-state index contributed by atoms with van der Waals surface area (Å²) in [5.74, 6) is 0.918. The number of hydrogen-bond acceptors (Lipinski definition) is 2. The Morgan fingerprint density at radius 1 is 1.64 bits per heavy atom. The lowest BCUT2D eigenvalue weighted by atomic mass is 10.5. The number of rotatable bonds is 0. The molecule has 0 atom stereocenters. The molecule has 0 amide bonds. The summed E-state index contributed by atoms with van der Waals surface area (Å²) in [6.45, 7) is 1.93. The highest BCUT2D eigenvalue weighted by Crippen LogP contribution is 2.03. The highest BCUT2D eigenvalue weighted by atomic mass is 32.1. The molecule has 0 radical (unpaired) electrons. The molecule has 2 aromatic rings. The molecule has 1 N–H and O–H groups in total. The molecular weight excluding hydrogens is 158 g/mol. The van der Waals surface area contributed by atoms with E-state index < -0.39 is 0 Å². The van der Waals surface area contributed by atoms with Crippen LogP contribution in [0.1, 0.15) is 5.82 Å². The average Bonchev–Trinajstić information content (AvgIpc) is 2.34. The summed E-state index contributed by atoms with van der Waals surface area (Å²) in [7, 11) is 0. The van der Waals surface area contributed by atoms with Crippen LogP contribution in [0.4, 0.5) is 0 Å². The number of aryl methyl sites for hydroxylation is 1. The van der Waals surface area contributed by atoms with Gasteiger partial charge in [0.05, 0.1) is 11.7 Å². The first-order chi connectivity index (χ1) is 5.29. The van der Waals surface area contributed by atoms with E-state index in [2.05, 4.69) is 9.97 Å². The number of aromatic amines is 1. The van der Waals surface area contributed by atoms with E-state index in [1.165, 1.54) is 0 Å². The van der Waals surface area contributed by atoms with E-state index in [4.69, 9.17) is 12.2 Å². The highest BCUT2D eigenvalue weighted by molar-refractivity contribution is 7.71. The van der Waals surface area contributed by atoms with E-state index >= 15 is 0 Å². The molecular formula is C7H7N3S. The molecule has 0 saturated carbocycles. The summed E-state index contributed by atoms with van der Waals surface area (Å²) in [6, 6.07) is 1.94. The van der Waals surface area contributed by atoms with Crippen LogP contribution in [-0.4, -0.2) is 14.4 Å². The van der Waals surface area contributed by atoms with Crippen LogP contribution in [0.5, 0.6) is 0 Å². The van der Waals surface area contributed by atoms with Crippen LogP contribution in [0.25, 0.3) is 5.52 Å². The van der Waals surface area contributed by atoms with Crippen molar-refractivity contribution in [2.75, 3.05) is 0 Å². The molecule has 11 heavy (non-hydrogen) atoms. The van der Waals surface area contributed by atoms with Gasteiger partial charge in [-0.05, 0) is 25.2 Å². The minimum atomic E-state index is 0.692. The van der Waals surface area contributed by atoms with Crippen LogP contribution in [0.15, 0.2) is 18.5 Å². The summed E-state index contributed by atoms with van der Waals surface area (Å²) in [6.07, 6.45) is 3.62. The Kier molecular flexibility index (Phi) is 1.29. The van der Waals surface area contributed by atoms with Gasteiger partial charge in [0, 0.05) is 6.20 Å². The first-order valence-electron chi connectivity index (χ1n) is 3.31. The predicted octanol–water partition coefficient (Wildman–Crippen LogP) is 1.70. The number of fused-ring (bicyclic) bond motifs is 1. The topological polar surface area (TPSA) is 33.1 Å². The van der Waals surface area contributed by atoms with Crippen LogP contribution < -0.4 is 0 Å². The molecule has 0 spiro atoms. The van der Waals surface area contributed by atoms with Crippen molar-refractivity contribution in [3.8, 4) is 0 Å². The molecule has 0 aromatic carbocycles. The molecule has 0 aliphatic rings. The van der Waals surface area contributed by atoms with E-state index in [9.17, 15) is 0 Å². The van der Waals surface area contributed by atoms with Crippen LogP contribution in [0.2, 0.25) is 0 Å². The lowest BCUT2D eigenvalue weighted by Gasteiger charge is -1.93. The number of aromatic nitrogens is 3. The zero-order chi connectivity index (χ0) is 7.84. The molecule has 2 rings (SSSR count). The second-order valence-electron chi connectivity index (χ2n) is 2.35. The maximum absolute atomic E-state index is 5.06. The lowest BCUT2D eigenvalue weighted by molar-refractivity contribution is 0.979. The molecule has 2 aromatic heterocycles. The van der Waals surface area contributed by atoms with Crippen molar-refractivity contribution in [2.24, 2.45) is 0 Å². The van der Waals surface area contributed by atoms with Gasteiger partial charge in [0.1, 0.15) is 5.82 Å². The van der Waals surface area contributed by atoms with Gasteiger partial charge in [-0.1, -0.05) is 0 Å². The van der Waals surface area contributed by atoms with Crippen LogP contribution in [0.3, 0.4) is 0 Å². The molecule has 0 unspecified atom stereocenters. The largest absolute Gasteiger partial charge is 0.338 e. The van der Waals surface area contributed by atoms with E-state index in [0.717, 1.165) is 11.3 Å². The molecule has 2 heterocycles. The monoisotopic (exact) mass is 165 g/mol. The number of H-pyrrole nitrogens is 1. The third-order valence-corrected chi connectivity index (χ3v) is 1.93. The van der Waals surface area contributed by atoms with Crippen molar-refractivity contribution in [3.63, 3.8) is 0 Å². The smallest absolute Gasteiger partial charge is 0.183 e. The summed E-state index contributed by atoms with van der Waals surface area (Å²) in [4.78, 5) is 7.07. The van der Waals surface area contributed by atoms with E-state index in [-0.39, 0.29) is 0 Å². The first kappa shape index (κ1) is 6.54. The lowest BCUT2D eigenvalue weighted by Crippen LogP contribution is -1.90. The molecule has 4 heteroatoms. The van der Waals surface area contributed by atoms with Gasteiger partial charge in [-0.25, -0.2) is 4.98 Å². The number of nitrogens with zero attached hydrogens (tertiary/aromatic N) is 2. The third-order valence-electron chi connectivity index (χ3n) is 1.63. The quantitative estimate of drug-likeness (QED) is 0.603. The zero-order valence-electron chi connectivity index (χ0n) is 6.03. The Labute approximate surface area is 68.7 Å². The van der Waals surface area contributed by atoms with E-state index in [1.807, 2.05) is 23.6 Å². The second kappa shape index (κ2) is 2.17. The van der Waals surface area contributed by atoms with Gasteiger partial charge in [-0.2, -0.15) is 0 Å². The molecule has 0 bridgehead atoms.